The van der Waals surface area contributed by atoms with Gasteiger partial charge < -0.3 is 9.47 Å². The molecule has 0 aliphatic rings. The van der Waals surface area contributed by atoms with Crippen LogP contribution in [0.3, 0.4) is 0 Å². The topological polar surface area (TPSA) is 44.2 Å². The third-order valence-corrected chi connectivity index (χ3v) is 6.71. The molecule has 4 nitrogen and oxygen atoms in total. The van der Waals surface area contributed by atoms with E-state index in [1.165, 1.54) is 35.2 Å². The molecular weight excluding hydrogens is 524 g/mol. The highest BCUT2D eigenvalue weighted by Gasteiger charge is 2.31. The zero-order chi connectivity index (χ0) is 20.4. The van der Waals surface area contributed by atoms with Crippen molar-refractivity contribution in [2.45, 2.75) is 21.0 Å². The molecule has 0 saturated carbocycles. The van der Waals surface area contributed by atoms with Gasteiger partial charge in [0, 0.05) is 0 Å². The molecule has 0 fully saturated rings. The van der Waals surface area contributed by atoms with E-state index in [0.717, 1.165) is 21.5 Å². The Balaban J connectivity index is 1.66. The van der Waals surface area contributed by atoms with Gasteiger partial charge in [-0.2, -0.15) is 13.2 Å². The van der Waals surface area contributed by atoms with Crippen LogP contribution >= 0.6 is 45.7 Å². The SMILES string of the molecule is CSc1nnc(C(C)(I)Oc2ccc(Oc3ccc(C(F)(F)F)cc3)cc2)s1. The molecule has 0 radical (unpaired) electrons. The largest absolute Gasteiger partial charge is 0.470 e. The van der Waals surface area contributed by atoms with Gasteiger partial charge >= 0.3 is 6.18 Å². The second kappa shape index (κ2) is 8.46. The molecule has 0 spiro atoms. The summed E-state index contributed by atoms with van der Waals surface area (Å²) in [5.41, 5.74) is -0.716. The van der Waals surface area contributed by atoms with E-state index in [1.54, 1.807) is 24.3 Å². The van der Waals surface area contributed by atoms with E-state index in [4.69, 9.17) is 9.47 Å². The molecule has 0 saturated heterocycles. The van der Waals surface area contributed by atoms with Gasteiger partial charge in [-0.15, -0.1) is 10.2 Å². The molecule has 1 atom stereocenters. The van der Waals surface area contributed by atoms with Crippen molar-refractivity contribution in [1.82, 2.24) is 10.2 Å². The average molecular weight is 538 g/mol. The number of alkyl halides is 4. The van der Waals surface area contributed by atoms with Gasteiger partial charge in [0.15, 0.2) is 9.35 Å². The second-order valence-electron chi connectivity index (χ2n) is 5.69. The molecule has 3 aromatic rings. The molecule has 0 aliphatic carbocycles. The number of thioether (sulfide) groups is 1. The minimum absolute atomic E-state index is 0.318. The Morgan fingerprint density at radius 2 is 1.46 bits per heavy atom. The number of aromatic nitrogens is 2. The van der Waals surface area contributed by atoms with E-state index in [-0.39, 0.29) is 0 Å². The zero-order valence-corrected chi connectivity index (χ0v) is 18.4. The van der Waals surface area contributed by atoms with E-state index >= 15 is 0 Å². The lowest BCUT2D eigenvalue weighted by molar-refractivity contribution is -0.137. The lowest BCUT2D eigenvalue weighted by Gasteiger charge is -2.21. The van der Waals surface area contributed by atoms with E-state index in [1.807, 2.05) is 13.2 Å². The van der Waals surface area contributed by atoms with Crippen LogP contribution in [0.25, 0.3) is 0 Å². The highest BCUT2D eigenvalue weighted by molar-refractivity contribution is 14.1. The summed E-state index contributed by atoms with van der Waals surface area (Å²) >= 11 is 5.16. The predicted octanol–water partition coefficient (Wildman–Crippen LogP) is 6.76. The van der Waals surface area contributed by atoms with Crippen LogP contribution in [0.2, 0.25) is 0 Å². The molecule has 28 heavy (non-hydrogen) atoms. The van der Waals surface area contributed by atoms with Crippen molar-refractivity contribution in [3.8, 4) is 17.2 Å². The number of nitrogens with zero attached hydrogens (tertiary/aromatic N) is 2. The van der Waals surface area contributed by atoms with Crippen LogP contribution < -0.4 is 9.47 Å². The van der Waals surface area contributed by atoms with Crippen LogP contribution in [-0.4, -0.2) is 16.5 Å². The minimum Gasteiger partial charge on any atom is -0.470 e. The first kappa shape index (κ1) is 21.2. The number of benzene rings is 2. The van der Waals surface area contributed by atoms with Gasteiger partial charge in [-0.3, -0.25) is 0 Å². The smallest absolute Gasteiger partial charge is 0.416 e. The van der Waals surface area contributed by atoms with Gasteiger partial charge in [-0.05, 0) is 84.3 Å². The number of hydrogen-bond acceptors (Lipinski definition) is 6. The van der Waals surface area contributed by atoms with Crippen molar-refractivity contribution in [2.75, 3.05) is 6.26 Å². The fourth-order valence-electron chi connectivity index (χ4n) is 2.16. The van der Waals surface area contributed by atoms with Gasteiger partial charge in [0.2, 0.25) is 3.61 Å². The van der Waals surface area contributed by atoms with Crippen LogP contribution in [0.5, 0.6) is 17.2 Å². The maximum Gasteiger partial charge on any atom is 0.416 e. The van der Waals surface area contributed by atoms with Crippen molar-refractivity contribution >= 4 is 45.7 Å². The van der Waals surface area contributed by atoms with Crippen LogP contribution in [0, 0.1) is 0 Å². The summed E-state index contributed by atoms with van der Waals surface area (Å²) in [4.78, 5) is 0. The molecule has 0 N–H and O–H groups in total. The molecular formula is C18H14F3IN2O2S2. The van der Waals surface area contributed by atoms with Gasteiger partial charge in [0.05, 0.1) is 5.56 Å². The quantitative estimate of drug-likeness (QED) is 0.197. The van der Waals surface area contributed by atoms with Crippen molar-refractivity contribution in [3.05, 3.63) is 59.1 Å². The first-order valence-electron chi connectivity index (χ1n) is 7.88. The standard InChI is InChI=1S/C18H14F3IN2O2S2/c1-17(22,15-23-24-16(27-2)28-15)26-14-9-7-13(8-10-14)25-12-5-3-11(4-6-12)18(19,20)21/h3-10H,1-2H3. The third kappa shape index (κ3) is 5.29. The molecule has 10 heteroatoms. The Kier molecular flexibility index (Phi) is 6.40. The highest BCUT2D eigenvalue weighted by Crippen LogP contribution is 2.38. The Bertz CT molecular complexity index is 929. The van der Waals surface area contributed by atoms with Crippen molar-refractivity contribution in [1.29, 1.82) is 0 Å². The average Bonchev–Trinajstić information content (AvgIpc) is 3.13. The number of hydrogen-bond donors (Lipinski definition) is 0. The van der Waals surface area contributed by atoms with Gasteiger partial charge in [-0.25, -0.2) is 0 Å². The van der Waals surface area contributed by atoms with E-state index in [9.17, 15) is 13.2 Å². The maximum atomic E-state index is 12.6. The Morgan fingerprint density at radius 1 is 0.929 bits per heavy atom. The fraction of sp³-hybridized carbons (Fsp3) is 0.222. The molecule has 2 aromatic carbocycles. The summed E-state index contributed by atoms with van der Waals surface area (Å²) in [6.45, 7) is 1.89. The van der Waals surface area contributed by atoms with Crippen molar-refractivity contribution in [3.63, 3.8) is 0 Å². The molecule has 0 amide bonds. The summed E-state index contributed by atoms with van der Waals surface area (Å²) < 4.78 is 49.6. The van der Waals surface area contributed by atoms with E-state index < -0.39 is 15.3 Å². The Labute approximate surface area is 181 Å². The lowest BCUT2D eigenvalue weighted by Crippen LogP contribution is -2.21. The number of halogens is 4. The van der Waals surface area contributed by atoms with Crippen LogP contribution in [0.4, 0.5) is 13.2 Å². The first-order chi connectivity index (χ1) is 13.2. The number of rotatable bonds is 6. The minimum atomic E-state index is -4.37. The molecule has 1 unspecified atom stereocenters. The van der Waals surface area contributed by atoms with Crippen LogP contribution in [0.15, 0.2) is 52.9 Å². The molecule has 0 bridgehead atoms. The highest BCUT2D eigenvalue weighted by atomic mass is 127. The van der Waals surface area contributed by atoms with Gasteiger partial charge in [0.1, 0.15) is 17.2 Å². The molecule has 1 aromatic heterocycles. The monoisotopic (exact) mass is 538 g/mol. The number of ether oxygens (including phenoxy) is 2. The summed E-state index contributed by atoms with van der Waals surface area (Å²) in [5.74, 6) is 1.42. The Morgan fingerprint density at radius 3 is 1.96 bits per heavy atom. The second-order valence-corrected chi connectivity index (χ2v) is 9.78. The fourth-order valence-corrected chi connectivity index (χ4v) is 4.10. The van der Waals surface area contributed by atoms with Crippen LogP contribution in [-0.2, 0) is 9.78 Å². The molecule has 3 rings (SSSR count). The van der Waals surface area contributed by atoms with E-state index in [2.05, 4.69) is 32.8 Å². The molecule has 0 aliphatic heterocycles. The normalized spacial score (nSPS) is 13.8. The van der Waals surface area contributed by atoms with Gasteiger partial charge in [-0.1, -0.05) is 23.1 Å². The summed E-state index contributed by atoms with van der Waals surface area (Å²) in [7, 11) is 0. The Hall–Kier alpha value is -1.53. The first-order valence-corrected chi connectivity index (χ1v) is 11.0. The van der Waals surface area contributed by atoms with E-state index in [0.29, 0.717) is 17.2 Å². The third-order valence-electron chi connectivity index (χ3n) is 3.51. The molecule has 1 heterocycles. The summed E-state index contributed by atoms with van der Waals surface area (Å²) in [6, 6.07) is 11.4. The molecule has 148 valence electrons. The van der Waals surface area contributed by atoms with Crippen LogP contribution in [0.1, 0.15) is 17.5 Å². The lowest BCUT2D eigenvalue weighted by atomic mass is 10.2. The maximum absolute atomic E-state index is 12.6. The summed E-state index contributed by atoms with van der Waals surface area (Å²) in [6.07, 6.45) is -2.43. The predicted molar refractivity (Wildman–Crippen MR) is 112 cm³/mol. The summed E-state index contributed by atoms with van der Waals surface area (Å²) in [5, 5.41) is 9.00. The van der Waals surface area contributed by atoms with Crippen molar-refractivity contribution < 1.29 is 22.6 Å². The van der Waals surface area contributed by atoms with Crippen molar-refractivity contribution in [2.24, 2.45) is 0 Å². The zero-order valence-electron chi connectivity index (χ0n) is 14.7. The van der Waals surface area contributed by atoms with Gasteiger partial charge in [0.25, 0.3) is 0 Å².